The number of para-hydroxylation sites is 2. The zero-order valence-corrected chi connectivity index (χ0v) is 17.5. The van der Waals surface area contributed by atoms with E-state index in [0.717, 1.165) is 38.5 Å². The van der Waals surface area contributed by atoms with Crippen molar-refractivity contribution in [2.45, 2.75) is 0 Å². The highest BCUT2D eigenvalue weighted by atomic mass is 16.4. The largest absolute Gasteiger partial charge is 0.439 e. The van der Waals surface area contributed by atoms with E-state index in [0.29, 0.717) is 16.9 Å². The fraction of sp³-hybridized carbons (Fsp3) is 0.0357. The van der Waals surface area contributed by atoms with Crippen LogP contribution in [-0.4, -0.2) is 4.57 Å². The Morgan fingerprint density at radius 1 is 0.750 bits per heavy atom. The number of anilines is 2. The van der Waals surface area contributed by atoms with Gasteiger partial charge in [0, 0.05) is 18.1 Å². The maximum atomic E-state index is 13.6. The normalized spacial score (nSPS) is 11.4. The number of benzene rings is 4. The summed E-state index contributed by atoms with van der Waals surface area (Å²) >= 11 is 0. The first-order valence-corrected chi connectivity index (χ1v) is 10.6. The summed E-state index contributed by atoms with van der Waals surface area (Å²) in [5.41, 5.74) is 4.01. The van der Waals surface area contributed by atoms with Gasteiger partial charge in [-0.25, -0.2) is 0 Å². The Morgan fingerprint density at radius 2 is 1.44 bits per heavy atom. The molecule has 32 heavy (non-hydrogen) atoms. The maximum absolute atomic E-state index is 13.6. The summed E-state index contributed by atoms with van der Waals surface area (Å²) in [6.45, 7) is 0. The van der Waals surface area contributed by atoms with Gasteiger partial charge in [-0.05, 0) is 40.6 Å². The molecule has 2 heterocycles. The first-order chi connectivity index (χ1) is 15.7. The van der Waals surface area contributed by atoms with Crippen LogP contribution in [0.5, 0.6) is 0 Å². The Kier molecular flexibility index (Phi) is 4.12. The third kappa shape index (κ3) is 2.73. The van der Waals surface area contributed by atoms with Crippen LogP contribution in [0.2, 0.25) is 0 Å². The smallest absolute Gasteiger partial charge is 0.262 e. The molecule has 0 aliphatic heterocycles. The standard InChI is InChI=1S/C28H20N2O2/c1-30-23-17-8-7-15-22(23)26-25(28(30)31)24(27(32-26)29-19-12-3-2-4-13-19)21-16-9-11-18-10-5-6-14-20(18)21/h2-17,29H,1H3. The van der Waals surface area contributed by atoms with E-state index in [-0.39, 0.29) is 5.56 Å². The van der Waals surface area contributed by atoms with Crippen LogP contribution in [0.4, 0.5) is 11.6 Å². The first kappa shape index (κ1) is 18.5. The minimum atomic E-state index is -0.0773. The summed E-state index contributed by atoms with van der Waals surface area (Å²) in [6, 6.07) is 32.1. The summed E-state index contributed by atoms with van der Waals surface area (Å²) in [7, 11) is 1.81. The molecule has 0 atom stereocenters. The summed E-state index contributed by atoms with van der Waals surface area (Å²) < 4.78 is 8.13. The molecular formula is C28H20N2O2. The topological polar surface area (TPSA) is 47.2 Å². The number of nitrogens with one attached hydrogen (secondary N) is 1. The lowest BCUT2D eigenvalue weighted by Gasteiger charge is -2.10. The summed E-state index contributed by atoms with van der Waals surface area (Å²) in [5.74, 6) is 0.566. The molecule has 0 fully saturated rings. The maximum Gasteiger partial charge on any atom is 0.262 e. The molecular weight excluding hydrogens is 396 g/mol. The lowest BCUT2D eigenvalue weighted by atomic mass is 9.97. The fourth-order valence-electron chi connectivity index (χ4n) is 4.50. The van der Waals surface area contributed by atoms with Crippen molar-refractivity contribution in [3.8, 4) is 11.1 Å². The summed E-state index contributed by atoms with van der Waals surface area (Å²) in [4.78, 5) is 13.6. The van der Waals surface area contributed by atoms with E-state index >= 15 is 0 Å². The molecule has 0 bridgehead atoms. The fourth-order valence-corrected chi connectivity index (χ4v) is 4.50. The molecule has 6 aromatic rings. The SMILES string of the molecule is Cn1c(=O)c2c(-c3cccc4ccccc34)c(Nc3ccccc3)oc2c2ccccc21. The van der Waals surface area contributed by atoms with Gasteiger partial charge < -0.3 is 14.3 Å². The van der Waals surface area contributed by atoms with Crippen molar-refractivity contribution in [1.82, 2.24) is 4.57 Å². The molecule has 0 unspecified atom stereocenters. The van der Waals surface area contributed by atoms with Crippen LogP contribution in [0.15, 0.2) is 106 Å². The minimum Gasteiger partial charge on any atom is -0.439 e. The average molecular weight is 416 g/mol. The van der Waals surface area contributed by atoms with Gasteiger partial charge in [-0.1, -0.05) is 72.8 Å². The van der Waals surface area contributed by atoms with Crippen LogP contribution in [0.3, 0.4) is 0 Å². The number of aromatic nitrogens is 1. The highest BCUT2D eigenvalue weighted by Gasteiger charge is 2.23. The van der Waals surface area contributed by atoms with Crippen molar-refractivity contribution in [3.05, 3.63) is 107 Å². The van der Waals surface area contributed by atoms with E-state index in [1.807, 2.05) is 79.8 Å². The third-order valence-electron chi connectivity index (χ3n) is 6.03. The monoisotopic (exact) mass is 416 g/mol. The van der Waals surface area contributed by atoms with E-state index in [2.05, 4.69) is 29.6 Å². The van der Waals surface area contributed by atoms with Crippen LogP contribution in [0.1, 0.15) is 0 Å². The second-order valence-electron chi connectivity index (χ2n) is 7.91. The molecule has 4 nitrogen and oxygen atoms in total. The molecule has 4 heteroatoms. The Balaban J connectivity index is 1.78. The molecule has 2 aromatic heterocycles. The van der Waals surface area contributed by atoms with E-state index in [1.165, 1.54) is 0 Å². The van der Waals surface area contributed by atoms with E-state index < -0.39 is 0 Å². The average Bonchev–Trinajstić information content (AvgIpc) is 3.22. The van der Waals surface area contributed by atoms with Gasteiger partial charge in [0.2, 0.25) is 5.88 Å². The molecule has 1 N–H and O–H groups in total. The van der Waals surface area contributed by atoms with Crippen molar-refractivity contribution in [3.63, 3.8) is 0 Å². The highest BCUT2D eigenvalue weighted by Crippen LogP contribution is 2.43. The Hall–Kier alpha value is -4.31. The molecule has 6 rings (SSSR count). The first-order valence-electron chi connectivity index (χ1n) is 10.6. The van der Waals surface area contributed by atoms with Crippen LogP contribution < -0.4 is 10.9 Å². The van der Waals surface area contributed by atoms with Gasteiger partial charge >= 0.3 is 0 Å². The molecule has 0 spiro atoms. The third-order valence-corrected chi connectivity index (χ3v) is 6.03. The zero-order valence-electron chi connectivity index (χ0n) is 17.5. The lowest BCUT2D eigenvalue weighted by molar-refractivity contribution is 0.638. The van der Waals surface area contributed by atoms with Crippen molar-refractivity contribution >= 4 is 44.2 Å². The molecule has 0 aliphatic rings. The Labute approximate surface area is 184 Å². The number of hydrogen-bond donors (Lipinski definition) is 1. The van der Waals surface area contributed by atoms with E-state index in [4.69, 9.17) is 4.42 Å². The van der Waals surface area contributed by atoms with Crippen molar-refractivity contribution < 1.29 is 4.42 Å². The second kappa shape index (κ2) is 7.13. The number of furan rings is 1. The molecule has 154 valence electrons. The van der Waals surface area contributed by atoms with Gasteiger partial charge in [-0.15, -0.1) is 0 Å². The lowest BCUT2D eigenvalue weighted by Crippen LogP contribution is -2.17. The second-order valence-corrected chi connectivity index (χ2v) is 7.91. The minimum absolute atomic E-state index is 0.0773. The molecule has 0 saturated heterocycles. The van der Waals surface area contributed by atoms with Gasteiger partial charge in [-0.3, -0.25) is 4.79 Å². The van der Waals surface area contributed by atoms with Crippen molar-refractivity contribution in [2.75, 3.05) is 5.32 Å². The molecule has 4 aromatic carbocycles. The van der Waals surface area contributed by atoms with Gasteiger partial charge in [-0.2, -0.15) is 0 Å². The van der Waals surface area contributed by atoms with Crippen LogP contribution in [-0.2, 0) is 7.05 Å². The van der Waals surface area contributed by atoms with Gasteiger partial charge in [0.25, 0.3) is 5.56 Å². The number of rotatable bonds is 3. The molecule has 0 saturated carbocycles. The molecule has 0 radical (unpaired) electrons. The summed E-state index contributed by atoms with van der Waals surface area (Å²) in [5, 5.41) is 7.10. The summed E-state index contributed by atoms with van der Waals surface area (Å²) in [6.07, 6.45) is 0. The van der Waals surface area contributed by atoms with Gasteiger partial charge in [0.1, 0.15) is 0 Å². The number of aryl methyl sites for hydroxylation is 1. The van der Waals surface area contributed by atoms with Gasteiger partial charge in [0.05, 0.1) is 16.5 Å². The Morgan fingerprint density at radius 3 is 2.28 bits per heavy atom. The van der Waals surface area contributed by atoms with Crippen molar-refractivity contribution in [2.24, 2.45) is 7.05 Å². The van der Waals surface area contributed by atoms with Crippen LogP contribution in [0.25, 0.3) is 43.8 Å². The van der Waals surface area contributed by atoms with E-state index in [1.54, 1.807) is 4.57 Å². The molecule has 0 amide bonds. The number of pyridine rings is 1. The molecule has 0 aliphatic carbocycles. The predicted molar refractivity (Wildman–Crippen MR) is 132 cm³/mol. The number of nitrogens with zero attached hydrogens (tertiary/aromatic N) is 1. The van der Waals surface area contributed by atoms with E-state index in [9.17, 15) is 4.79 Å². The van der Waals surface area contributed by atoms with Crippen molar-refractivity contribution in [1.29, 1.82) is 0 Å². The van der Waals surface area contributed by atoms with Crippen LogP contribution >= 0.6 is 0 Å². The Bertz CT molecular complexity index is 1670. The quantitative estimate of drug-likeness (QED) is 0.343. The predicted octanol–water partition coefficient (Wildman–Crippen LogP) is 6.85. The van der Waals surface area contributed by atoms with Crippen LogP contribution in [0, 0.1) is 0 Å². The number of hydrogen-bond acceptors (Lipinski definition) is 3. The number of fused-ring (bicyclic) bond motifs is 4. The zero-order chi connectivity index (χ0) is 21.7. The highest BCUT2D eigenvalue weighted by molar-refractivity contribution is 6.14. The van der Waals surface area contributed by atoms with Gasteiger partial charge in [0.15, 0.2) is 5.58 Å².